The van der Waals surface area contributed by atoms with Crippen molar-refractivity contribution < 1.29 is 27.8 Å². The lowest BCUT2D eigenvalue weighted by Gasteiger charge is -2.28. The van der Waals surface area contributed by atoms with Gasteiger partial charge in [0.25, 0.3) is 5.60 Å². The highest BCUT2D eigenvalue weighted by Gasteiger charge is 2.60. The standard InChI is InChI=1S/C17H15F3O3/c1-11(10-16(22,15(21)23-2)17(18,19)20)13-8-7-12-5-3-4-6-14(12)9-13/h3-9,22H,1,10H2,2H3/t16-/m1/s1. The van der Waals surface area contributed by atoms with E-state index in [-0.39, 0.29) is 5.57 Å². The number of halogens is 3. The predicted molar refractivity (Wildman–Crippen MR) is 80.6 cm³/mol. The molecule has 0 spiro atoms. The van der Waals surface area contributed by atoms with Gasteiger partial charge in [-0.1, -0.05) is 43.0 Å². The van der Waals surface area contributed by atoms with Crippen LogP contribution in [0.1, 0.15) is 12.0 Å². The van der Waals surface area contributed by atoms with E-state index >= 15 is 0 Å². The summed E-state index contributed by atoms with van der Waals surface area (Å²) < 4.78 is 43.3. The second kappa shape index (κ2) is 6.04. The van der Waals surface area contributed by atoms with Crippen LogP contribution in [0.2, 0.25) is 0 Å². The Labute approximate surface area is 131 Å². The highest BCUT2D eigenvalue weighted by atomic mass is 19.4. The molecule has 122 valence electrons. The van der Waals surface area contributed by atoms with E-state index in [0.29, 0.717) is 5.56 Å². The lowest BCUT2D eigenvalue weighted by atomic mass is 9.90. The first kappa shape index (κ1) is 17.0. The van der Waals surface area contributed by atoms with Crippen LogP contribution in [0.25, 0.3) is 16.3 Å². The van der Waals surface area contributed by atoms with Gasteiger partial charge in [0, 0.05) is 6.42 Å². The SMILES string of the molecule is C=C(C[C@@](O)(C(=O)OC)C(F)(F)F)c1ccc2ccccc2c1. The topological polar surface area (TPSA) is 46.5 Å². The van der Waals surface area contributed by atoms with E-state index in [2.05, 4.69) is 11.3 Å². The molecule has 0 aliphatic carbocycles. The fourth-order valence-electron chi connectivity index (χ4n) is 2.28. The molecule has 0 saturated carbocycles. The molecule has 0 aliphatic rings. The number of methoxy groups -OCH3 is 1. The Morgan fingerprint density at radius 2 is 1.78 bits per heavy atom. The van der Waals surface area contributed by atoms with Crippen LogP contribution in [-0.2, 0) is 9.53 Å². The quantitative estimate of drug-likeness (QED) is 0.872. The molecule has 2 aromatic carbocycles. The fourth-order valence-corrected chi connectivity index (χ4v) is 2.28. The minimum atomic E-state index is -5.17. The summed E-state index contributed by atoms with van der Waals surface area (Å²) in [5.41, 5.74) is -3.22. The number of carbonyl (C=O) groups excluding carboxylic acids is 1. The Morgan fingerprint density at radius 3 is 2.35 bits per heavy atom. The van der Waals surface area contributed by atoms with Crippen LogP contribution in [0.4, 0.5) is 13.2 Å². The molecule has 0 heterocycles. The third-order valence-electron chi connectivity index (χ3n) is 3.62. The van der Waals surface area contributed by atoms with Gasteiger partial charge in [-0.15, -0.1) is 0 Å². The van der Waals surface area contributed by atoms with Crippen LogP contribution >= 0.6 is 0 Å². The normalized spacial score (nSPS) is 14.3. The average molecular weight is 324 g/mol. The number of hydrogen-bond donors (Lipinski definition) is 1. The Hall–Kier alpha value is -2.34. The van der Waals surface area contributed by atoms with Crippen molar-refractivity contribution in [2.45, 2.75) is 18.2 Å². The largest absolute Gasteiger partial charge is 0.467 e. The molecular formula is C17H15F3O3. The van der Waals surface area contributed by atoms with Crippen molar-refractivity contribution in [1.82, 2.24) is 0 Å². The number of ether oxygens (including phenoxy) is 1. The maximum atomic E-state index is 13.1. The van der Waals surface area contributed by atoms with E-state index in [1.165, 1.54) is 0 Å². The second-order valence-corrected chi connectivity index (χ2v) is 5.19. The summed E-state index contributed by atoms with van der Waals surface area (Å²) in [4.78, 5) is 11.4. The summed E-state index contributed by atoms with van der Waals surface area (Å²) in [6.45, 7) is 3.58. The molecule has 0 fully saturated rings. The number of rotatable bonds is 4. The van der Waals surface area contributed by atoms with Crippen molar-refractivity contribution in [2.24, 2.45) is 0 Å². The fraction of sp³-hybridized carbons (Fsp3) is 0.235. The Bertz CT molecular complexity index is 752. The lowest BCUT2D eigenvalue weighted by molar-refractivity contribution is -0.259. The van der Waals surface area contributed by atoms with Crippen LogP contribution in [0.5, 0.6) is 0 Å². The summed E-state index contributed by atoms with van der Waals surface area (Å²) in [7, 11) is 0.790. The molecule has 0 radical (unpaired) electrons. The first-order valence-corrected chi connectivity index (χ1v) is 6.73. The van der Waals surface area contributed by atoms with E-state index in [9.17, 15) is 23.1 Å². The molecule has 0 unspecified atom stereocenters. The minimum absolute atomic E-state index is 0.0130. The number of benzene rings is 2. The molecule has 23 heavy (non-hydrogen) atoms. The van der Waals surface area contributed by atoms with Crippen molar-refractivity contribution >= 4 is 22.3 Å². The highest BCUT2D eigenvalue weighted by Crippen LogP contribution is 2.38. The predicted octanol–water partition coefficient (Wildman–Crippen LogP) is 3.71. The number of esters is 1. The molecule has 0 amide bonds. The summed E-state index contributed by atoms with van der Waals surface area (Å²) >= 11 is 0. The molecule has 2 rings (SSSR count). The van der Waals surface area contributed by atoms with Gasteiger partial charge in [-0.3, -0.25) is 0 Å². The number of alkyl halides is 3. The van der Waals surface area contributed by atoms with Crippen LogP contribution in [0, 0.1) is 0 Å². The van der Waals surface area contributed by atoms with Gasteiger partial charge in [0.05, 0.1) is 7.11 Å². The third kappa shape index (κ3) is 3.22. The zero-order chi connectivity index (χ0) is 17.3. The Kier molecular flexibility index (Phi) is 4.47. The number of fused-ring (bicyclic) bond motifs is 1. The summed E-state index contributed by atoms with van der Waals surface area (Å²) in [6.07, 6.45) is -6.17. The second-order valence-electron chi connectivity index (χ2n) is 5.19. The number of hydrogen-bond acceptors (Lipinski definition) is 3. The first-order chi connectivity index (χ1) is 10.7. The lowest BCUT2D eigenvalue weighted by Crippen LogP contribution is -2.52. The molecule has 0 aliphatic heterocycles. The monoisotopic (exact) mass is 324 g/mol. The molecule has 0 saturated heterocycles. The molecule has 3 nitrogen and oxygen atoms in total. The van der Waals surface area contributed by atoms with E-state index in [0.717, 1.165) is 17.9 Å². The van der Waals surface area contributed by atoms with E-state index in [4.69, 9.17) is 0 Å². The van der Waals surface area contributed by atoms with E-state index in [1.807, 2.05) is 18.2 Å². The highest BCUT2D eigenvalue weighted by molar-refractivity contribution is 5.88. The summed E-state index contributed by atoms with van der Waals surface area (Å²) in [5.74, 6) is -1.76. The summed E-state index contributed by atoms with van der Waals surface area (Å²) in [5, 5.41) is 11.5. The minimum Gasteiger partial charge on any atom is -0.467 e. The maximum absolute atomic E-state index is 13.1. The Balaban J connectivity index is 2.36. The van der Waals surface area contributed by atoms with Gasteiger partial charge < -0.3 is 9.84 Å². The average Bonchev–Trinajstić information content (AvgIpc) is 2.52. The zero-order valence-corrected chi connectivity index (χ0v) is 12.4. The van der Waals surface area contributed by atoms with Crippen molar-refractivity contribution in [2.75, 3.05) is 7.11 Å². The molecule has 1 atom stereocenters. The van der Waals surface area contributed by atoms with Gasteiger partial charge in [0.15, 0.2) is 0 Å². The van der Waals surface area contributed by atoms with Crippen LogP contribution in [-0.4, -0.2) is 30.0 Å². The van der Waals surface area contributed by atoms with Gasteiger partial charge in [0.1, 0.15) is 0 Å². The van der Waals surface area contributed by atoms with Gasteiger partial charge >= 0.3 is 12.1 Å². The van der Waals surface area contributed by atoms with Crippen molar-refractivity contribution in [3.8, 4) is 0 Å². The third-order valence-corrected chi connectivity index (χ3v) is 3.62. The van der Waals surface area contributed by atoms with Crippen molar-refractivity contribution in [3.05, 3.63) is 54.6 Å². The molecular weight excluding hydrogens is 309 g/mol. The first-order valence-electron chi connectivity index (χ1n) is 6.73. The van der Waals surface area contributed by atoms with Gasteiger partial charge in [0.2, 0.25) is 0 Å². The molecule has 2 aromatic rings. The van der Waals surface area contributed by atoms with Gasteiger partial charge in [-0.2, -0.15) is 13.2 Å². The molecule has 0 aromatic heterocycles. The molecule has 1 N–H and O–H groups in total. The van der Waals surface area contributed by atoms with E-state index < -0.39 is 24.2 Å². The molecule has 0 bridgehead atoms. The zero-order valence-electron chi connectivity index (χ0n) is 12.4. The number of aliphatic hydroxyl groups is 1. The van der Waals surface area contributed by atoms with Crippen LogP contribution in [0.3, 0.4) is 0 Å². The van der Waals surface area contributed by atoms with E-state index in [1.54, 1.807) is 24.3 Å². The van der Waals surface area contributed by atoms with Crippen molar-refractivity contribution in [1.29, 1.82) is 0 Å². The molecule has 6 heteroatoms. The van der Waals surface area contributed by atoms with Gasteiger partial charge in [-0.25, -0.2) is 4.79 Å². The smallest absolute Gasteiger partial charge is 0.428 e. The van der Waals surface area contributed by atoms with Gasteiger partial charge in [-0.05, 0) is 28.0 Å². The maximum Gasteiger partial charge on any atom is 0.428 e. The van der Waals surface area contributed by atoms with Crippen LogP contribution < -0.4 is 0 Å². The Morgan fingerprint density at radius 1 is 1.17 bits per heavy atom. The van der Waals surface area contributed by atoms with Crippen LogP contribution in [0.15, 0.2) is 49.0 Å². The summed E-state index contributed by atoms with van der Waals surface area (Å²) in [6, 6.07) is 12.3. The number of carbonyl (C=O) groups is 1. The van der Waals surface area contributed by atoms with Crippen molar-refractivity contribution in [3.63, 3.8) is 0 Å².